The van der Waals surface area contributed by atoms with Gasteiger partial charge >= 0.3 is 0 Å². The van der Waals surface area contributed by atoms with Crippen molar-refractivity contribution in [2.24, 2.45) is 0 Å². The summed E-state index contributed by atoms with van der Waals surface area (Å²) in [6.45, 7) is 6.25. The number of carbonyl (C=O) groups is 1. The predicted molar refractivity (Wildman–Crippen MR) is 76.5 cm³/mol. The highest BCUT2D eigenvalue weighted by Gasteiger charge is 2.26. The molecule has 0 aliphatic heterocycles. The summed E-state index contributed by atoms with van der Waals surface area (Å²) in [6, 6.07) is -0.110. The molecule has 1 aliphatic rings. The van der Waals surface area contributed by atoms with Gasteiger partial charge in [0.05, 0.1) is 23.4 Å². The van der Waals surface area contributed by atoms with E-state index in [1.165, 1.54) is 11.3 Å². The highest BCUT2D eigenvalue weighted by atomic mass is 32.1. The van der Waals surface area contributed by atoms with Crippen LogP contribution in [0.15, 0.2) is 6.20 Å². The highest BCUT2D eigenvalue weighted by molar-refractivity contribution is 7.13. The first kappa shape index (κ1) is 14.5. The molecular weight excluding hydrogens is 260 g/mol. The van der Waals surface area contributed by atoms with Gasteiger partial charge in [0.1, 0.15) is 4.88 Å². The quantitative estimate of drug-likeness (QED) is 0.876. The van der Waals surface area contributed by atoms with Crippen LogP contribution in [0.4, 0.5) is 0 Å². The molecule has 1 fully saturated rings. The van der Waals surface area contributed by atoms with Crippen molar-refractivity contribution in [1.82, 2.24) is 10.3 Å². The fourth-order valence-corrected chi connectivity index (χ4v) is 3.12. The van der Waals surface area contributed by atoms with Crippen LogP contribution in [-0.2, 0) is 5.41 Å². The van der Waals surface area contributed by atoms with Crippen molar-refractivity contribution >= 4 is 17.2 Å². The van der Waals surface area contributed by atoms with Gasteiger partial charge in [0.25, 0.3) is 5.91 Å². The fourth-order valence-electron chi connectivity index (χ4n) is 2.25. The molecule has 19 heavy (non-hydrogen) atoms. The van der Waals surface area contributed by atoms with Crippen molar-refractivity contribution in [3.8, 4) is 0 Å². The van der Waals surface area contributed by atoms with Crippen molar-refractivity contribution < 1.29 is 9.90 Å². The van der Waals surface area contributed by atoms with E-state index in [9.17, 15) is 9.90 Å². The molecule has 106 valence electrons. The molecule has 0 spiro atoms. The monoisotopic (exact) mass is 282 g/mol. The van der Waals surface area contributed by atoms with Crippen LogP contribution in [-0.4, -0.2) is 28.1 Å². The van der Waals surface area contributed by atoms with E-state index < -0.39 is 6.10 Å². The van der Waals surface area contributed by atoms with E-state index >= 15 is 0 Å². The summed E-state index contributed by atoms with van der Waals surface area (Å²) in [6.07, 6.45) is 4.97. The van der Waals surface area contributed by atoms with E-state index in [-0.39, 0.29) is 17.4 Å². The molecular formula is C14H22N2O2S. The third-order valence-electron chi connectivity index (χ3n) is 3.42. The predicted octanol–water partition coefficient (Wildman–Crippen LogP) is 2.47. The maximum atomic E-state index is 12.1. The number of nitrogens with zero attached hydrogens (tertiary/aromatic N) is 1. The smallest absolute Gasteiger partial charge is 0.263 e. The summed E-state index contributed by atoms with van der Waals surface area (Å²) in [5.74, 6) is -0.112. The van der Waals surface area contributed by atoms with Crippen molar-refractivity contribution in [1.29, 1.82) is 0 Å². The third-order valence-corrected chi connectivity index (χ3v) is 4.84. The second-order valence-corrected chi connectivity index (χ2v) is 7.24. The van der Waals surface area contributed by atoms with Crippen LogP contribution >= 0.6 is 11.3 Å². The van der Waals surface area contributed by atoms with Gasteiger partial charge in [0, 0.05) is 5.41 Å². The van der Waals surface area contributed by atoms with Gasteiger partial charge in [0.2, 0.25) is 0 Å². The van der Waals surface area contributed by atoms with Gasteiger partial charge in [-0.15, -0.1) is 11.3 Å². The SMILES string of the molecule is CC(C)(C)c1ncc(C(=O)N[C@@H]2CCCC[C@H]2O)s1. The standard InChI is InChI=1S/C14H22N2O2S/c1-14(2,3)13-15-8-11(19-13)12(18)16-9-6-4-5-7-10(9)17/h8-10,17H,4-7H2,1-3H3,(H,16,18)/t9-,10-/m1/s1. The molecule has 1 aromatic rings. The number of thiazole rings is 1. The van der Waals surface area contributed by atoms with Crippen LogP contribution in [0.2, 0.25) is 0 Å². The van der Waals surface area contributed by atoms with Gasteiger partial charge in [-0.3, -0.25) is 4.79 Å². The molecule has 1 aromatic heterocycles. The zero-order valence-electron chi connectivity index (χ0n) is 11.8. The van der Waals surface area contributed by atoms with E-state index in [0.29, 0.717) is 4.88 Å². The Hall–Kier alpha value is -0.940. The second kappa shape index (κ2) is 5.59. The van der Waals surface area contributed by atoms with Gasteiger partial charge < -0.3 is 10.4 Å². The van der Waals surface area contributed by atoms with Gasteiger partial charge in [-0.05, 0) is 12.8 Å². The third kappa shape index (κ3) is 3.54. The molecule has 1 heterocycles. The number of rotatable bonds is 2. The number of aromatic nitrogens is 1. The van der Waals surface area contributed by atoms with Crippen LogP contribution in [0.25, 0.3) is 0 Å². The first-order valence-electron chi connectivity index (χ1n) is 6.83. The van der Waals surface area contributed by atoms with E-state index in [0.717, 1.165) is 30.7 Å². The molecule has 4 nitrogen and oxygen atoms in total. The molecule has 1 saturated carbocycles. The van der Waals surface area contributed by atoms with Crippen molar-refractivity contribution in [2.75, 3.05) is 0 Å². The summed E-state index contributed by atoms with van der Waals surface area (Å²) in [5.41, 5.74) is -0.0342. The number of hydrogen-bond donors (Lipinski definition) is 2. The van der Waals surface area contributed by atoms with E-state index in [1.807, 2.05) is 0 Å². The van der Waals surface area contributed by atoms with E-state index in [4.69, 9.17) is 0 Å². The van der Waals surface area contributed by atoms with Gasteiger partial charge in [-0.1, -0.05) is 33.6 Å². The minimum Gasteiger partial charge on any atom is -0.391 e. The molecule has 2 rings (SSSR count). The Kier molecular flexibility index (Phi) is 4.26. The summed E-state index contributed by atoms with van der Waals surface area (Å²) in [4.78, 5) is 17.1. The Morgan fingerprint density at radius 2 is 2.11 bits per heavy atom. The molecule has 1 aliphatic carbocycles. The van der Waals surface area contributed by atoms with Crippen LogP contribution in [0.3, 0.4) is 0 Å². The summed E-state index contributed by atoms with van der Waals surface area (Å²) in [5, 5.41) is 13.8. The first-order valence-corrected chi connectivity index (χ1v) is 7.65. The Morgan fingerprint density at radius 3 is 2.68 bits per heavy atom. The topological polar surface area (TPSA) is 62.2 Å². The van der Waals surface area contributed by atoms with Gasteiger partial charge in [-0.2, -0.15) is 0 Å². The zero-order valence-corrected chi connectivity index (χ0v) is 12.6. The van der Waals surface area contributed by atoms with Crippen LogP contribution in [0.5, 0.6) is 0 Å². The maximum Gasteiger partial charge on any atom is 0.263 e. The van der Waals surface area contributed by atoms with Gasteiger partial charge in [0.15, 0.2) is 0 Å². The zero-order chi connectivity index (χ0) is 14.0. The van der Waals surface area contributed by atoms with Gasteiger partial charge in [-0.25, -0.2) is 4.98 Å². The molecule has 0 aromatic carbocycles. The van der Waals surface area contributed by atoms with E-state index in [2.05, 4.69) is 31.1 Å². The molecule has 0 unspecified atom stereocenters. The lowest BCUT2D eigenvalue weighted by Crippen LogP contribution is -2.44. The van der Waals surface area contributed by atoms with Crippen molar-refractivity contribution in [3.63, 3.8) is 0 Å². The molecule has 0 saturated heterocycles. The van der Waals surface area contributed by atoms with Crippen LogP contribution in [0.1, 0.15) is 61.1 Å². The minimum absolute atomic E-state index is 0.0342. The molecule has 5 heteroatoms. The number of amides is 1. The van der Waals surface area contributed by atoms with Crippen molar-refractivity contribution in [2.45, 2.75) is 64.0 Å². The Labute approximate surface area is 118 Å². The summed E-state index contributed by atoms with van der Waals surface area (Å²) >= 11 is 1.43. The Bertz CT molecular complexity index is 451. The number of aliphatic hydroxyl groups excluding tert-OH is 1. The fraction of sp³-hybridized carbons (Fsp3) is 0.714. The van der Waals surface area contributed by atoms with E-state index in [1.54, 1.807) is 6.20 Å². The van der Waals surface area contributed by atoms with Crippen molar-refractivity contribution in [3.05, 3.63) is 16.1 Å². The molecule has 2 atom stereocenters. The number of nitrogens with one attached hydrogen (secondary N) is 1. The lowest BCUT2D eigenvalue weighted by Gasteiger charge is -2.28. The first-order chi connectivity index (χ1) is 8.88. The summed E-state index contributed by atoms with van der Waals surface area (Å²) in [7, 11) is 0. The number of hydrogen-bond acceptors (Lipinski definition) is 4. The Morgan fingerprint density at radius 1 is 1.42 bits per heavy atom. The highest BCUT2D eigenvalue weighted by Crippen LogP contribution is 2.27. The maximum absolute atomic E-state index is 12.1. The Balaban J connectivity index is 2.01. The largest absolute Gasteiger partial charge is 0.391 e. The average Bonchev–Trinajstić information content (AvgIpc) is 2.81. The lowest BCUT2D eigenvalue weighted by molar-refractivity contribution is 0.0720. The minimum atomic E-state index is -0.410. The molecule has 1 amide bonds. The lowest BCUT2D eigenvalue weighted by atomic mass is 9.92. The second-order valence-electron chi connectivity index (χ2n) is 6.21. The molecule has 0 radical (unpaired) electrons. The average molecular weight is 282 g/mol. The molecule has 2 N–H and O–H groups in total. The normalized spacial score (nSPS) is 24.2. The number of aliphatic hydroxyl groups is 1. The number of carbonyl (C=O) groups excluding carboxylic acids is 1. The van der Waals surface area contributed by atoms with Crippen LogP contribution in [0, 0.1) is 0 Å². The molecule has 0 bridgehead atoms. The summed E-state index contributed by atoms with van der Waals surface area (Å²) < 4.78 is 0. The van der Waals surface area contributed by atoms with Crippen LogP contribution < -0.4 is 5.32 Å².